The molecule has 3 heteroatoms. The Morgan fingerprint density at radius 1 is 1.00 bits per heavy atom. The average molecular weight is 268 g/mol. The Morgan fingerprint density at radius 2 is 1.75 bits per heavy atom. The predicted molar refractivity (Wildman–Crippen MR) is 76.4 cm³/mol. The molecule has 0 spiro atoms. The second-order valence-corrected chi connectivity index (χ2v) is 5.00. The number of hydrogen-bond donors (Lipinski definition) is 1. The van der Waals surface area contributed by atoms with Crippen LogP contribution in [0.5, 0.6) is 11.5 Å². The summed E-state index contributed by atoms with van der Waals surface area (Å²) in [5.74, 6) is 1.03. The fourth-order valence-electron chi connectivity index (χ4n) is 2.44. The molecule has 0 atom stereocenters. The van der Waals surface area contributed by atoms with E-state index in [2.05, 4.69) is 0 Å². The molecular weight excluding hydrogens is 252 g/mol. The first-order chi connectivity index (χ1) is 9.74. The summed E-state index contributed by atoms with van der Waals surface area (Å²) in [6, 6.07) is 11.9. The van der Waals surface area contributed by atoms with E-state index in [9.17, 15) is 9.90 Å². The topological polar surface area (TPSA) is 46.5 Å². The van der Waals surface area contributed by atoms with Crippen LogP contribution in [0.4, 0.5) is 0 Å². The number of carbonyl (C=O) groups is 1. The van der Waals surface area contributed by atoms with Crippen molar-refractivity contribution in [3.63, 3.8) is 0 Å². The minimum Gasteiger partial charge on any atom is -0.508 e. The number of ketones is 1. The smallest absolute Gasteiger partial charge is 0.193 e. The van der Waals surface area contributed by atoms with E-state index in [-0.39, 0.29) is 11.5 Å². The molecule has 1 aliphatic rings. The van der Waals surface area contributed by atoms with Gasteiger partial charge in [0.25, 0.3) is 0 Å². The van der Waals surface area contributed by atoms with Crippen LogP contribution >= 0.6 is 0 Å². The van der Waals surface area contributed by atoms with Crippen molar-refractivity contribution in [2.24, 2.45) is 0 Å². The lowest BCUT2D eigenvalue weighted by atomic mass is 9.99. The van der Waals surface area contributed by atoms with Crippen LogP contribution in [-0.2, 0) is 6.42 Å². The summed E-state index contributed by atoms with van der Waals surface area (Å²) in [5, 5.41) is 9.27. The zero-order valence-electron chi connectivity index (χ0n) is 11.1. The molecule has 1 N–H and O–H groups in total. The Morgan fingerprint density at radius 3 is 2.55 bits per heavy atom. The fourth-order valence-corrected chi connectivity index (χ4v) is 2.44. The van der Waals surface area contributed by atoms with Crippen molar-refractivity contribution in [1.29, 1.82) is 0 Å². The van der Waals surface area contributed by atoms with Gasteiger partial charge < -0.3 is 9.84 Å². The molecule has 2 aromatic carbocycles. The van der Waals surface area contributed by atoms with Crippen LogP contribution in [0.15, 0.2) is 42.5 Å². The van der Waals surface area contributed by atoms with Gasteiger partial charge >= 0.3 is 0 Å². The van der Waals surface area contributed by atoms with E-state index < -0.39 is 0 Å². The predicted octanol–water partition coefficient (Wildman–Crippen LogP) is 3.34. The summed E-state index contributed by atoms with van der Waals surface area (Å²) in [7, 11) is 0. The highest BCUT2D eigenvalue weighted by Gasteiger charge is 2.14. The van der Waals surface area contributed by atoms with Gasteiger partial charge in [0.05, 0.1) is 6.61 Å². The molecule has 0 aromatic heterocycles. The molecule has 0 aliphatic carbocycles. The SMILES string of the molecule is O=C(c1ccc(O)cc1)c1ccc2c(c1)CCCCO2. The van der Waals surface area contributed by atoms with Gasteiger partial charge in [-0.05, 0) is 67.3 Å². The number of phenols is 1. The Hall–Kier alpha value is -2.29. The molecule has 3 rings (SSSR count). The first-order valence-electron chi connectivity index (χ1n) is 6.83. The van der Waals surface area contributed by atoms with Crippen LogP contribution in [0.2, 0.25) is 0 Å². The second-order valence-electron chi connectivity index (χ2n) is 5.00. The molecule has 0 fully saturated rings. The largest absolute Gasteiger partial charge is 0.508 e. The Balaban J connectivity index is 1.92. The van der Waals surface area contributed by atoms with Crippen molar-refractivity contribution in [2.75, 3.05) is 6.61 Å². The molecular formula is C17H16O3. The van der Waals surface area contributed by atoms with Gasteiger partial charge in [0, 0.05) is 11.1 Å². The van der Waals surface area contributed by atoms with Gasteiger partial charge in [-0.2, -0.15) is 0 Å². The van der Waals surface area contributed by atoms with E-state index in [1.165, 1.54) is 12.1 Å². The lowest BCUT2D eigenvalue weighted by Gasteiger charge is -2.09. The van der Waals surface area contributed by atoms with Crippen molar-refractivity contribution in [3.8, 4) is 11.5 Å². The molecule has 0 amide bonds. The van der Waals surface area contributed by atoms with Crippen molar-refractivity contribution in [2.45, 2.75) is 19.3 Å². The summed E-state index contributed by atoms with van der Waals surface area (Å²) < 4.78 is 5.66. The van der Waals surface area contributed by atoms with Gasteiger partial charge in [0.1, 0.15) is 11.5 Å². The molecule has 1 heterocycles. The van der Waals surface area contributed by atoms with E-state index in [0.717, 1.165) is 37.2 Å². The van der Waals surface area contributed by atoms with Gasteiger partial charge in [0.15, 0.2) is 5.78 Å². The summed E-state index contributed by atoms with van der Waals surface area (Å²) in [4.78, 5) is 12.4. The van der Waals surface area contributed by atoms with Crippen LogP contribution in [0, 0.1) is 0 Å². The lowest BCUT2D eigenvalue weighted by Crippen LogP contribution is -2.02. The third kappa shape index (κ3) is 2.52. The van der Waals surface area contributed by atoms with Crippen LogP contribution in [0.25, 0.3) is 0 Å². The zero-order chi connectivity index (χ0) is 13.9. The minimum absolute atomic E-state index is 0.0305. The molecule has 2 aromatic rings. The van der Waals surface area contributed by atoms with E-state index in [1.807, 2.05) is 12.1 Å². The van der Waals surface area contributed by atoms with Gasteiger partial charge in [-0.25, -0.2) is 0 Å². The van der Waals surface area contributed by atoms with Gasteiger partial charge in [-0.15, -0.1) is 0 Å². The average Bonchev–Trinajstić information content (AvgIpc) is 2.71. The van der Waals surface area contributed by atoms with E-state index >= 15 is 0 Å². The molecule has 1 aliphatic heterocycles. The normalized spacial score (nSPS) is 14.0. The monoisotopic (exact) mass is 268 g/mol. The summed E-state index contributed by atoms with van der Waals surface area (Å²) >= 11 is 0. The number of hydrogen-bond acceptors (Lipinski definition) is 3. The maximum atomic E-state index is 12.4. The Labute approximate surface area is 117 Å². The molecule has 20 heavy (non-hydrogen) atoms. The quantitative estimate of drug-likeness (QED) is 0.850. The summed E-state index contributed by atoms with van der Waals surface area (Å²) in [6.07, 6.45) is 3.09. The van der Waals surface area contributed by atoms with Crippen LogP contribution in [0.1, 0.15) is 34.3 Å². The third-order valence-corrected chi connectivity index (χ3v) is 3.55. The molecule has 0 unspecified atom stereocenters. The number of aryl methyl sites for hydroxylation is 1. The number of carbonyl (C=O) groups excluding carboxylic acids is 1. The van der Waals surface area contributed by atoms with Crippen LogP contribution in [-0.4, -0.2) is 17.5 Å². The highest BCUT2D eigenvalue weighted by Crippen LogP contribution is 2.26. The first kappa shape index (κ1) is 12.7. The Kier molecular flexibility index (Phi) is 3.42. The van der Waals surface area contributed by atoms with Crippen LogP contribution < -0.4 is 4.74 Å². The van der Waals surface area contributed by atoms with E-state index in [1.54, 1.807) is 18.2 Å². The number of rotatable bonds is 2. The molecule has 3 nitrogen and oxygen atoms in total. The van der Waals surface area contributed by atoms with E-state index in [4.69, 9.17) is 4.74 Å². The number of ether oxygens (including phenoxy) is 1. The number of aromatic hydroxyl groups is 1. The van der Waals surface area contributed by atoms with Crippen LogP contribution in [0.3, 0.4) is 0 Å². The highest BCUT2D eigenvalue weighted by atomic mass is 16.5. The molecule has 0 saturated heterocycles. The fraction of sp³-hybridized carbons (Fsp3) is 0.235. The Bertz CT molecular complexity index is 629. The number of fused-ring (bicyclic) bond motifs is 1. The second kappa shape index (κ2) is 5.37. The summed E-state index contributed by atoms with van der Waals surface area (Å²) in [5.41, 5.74) is 2.35. The molecule has 0 bridgehead atoms. The standard InChI is InChI=1S/C17H16O3/c18-15-7-4-12(5-8-15)17(19)14-6-9-16-13(11-14)3-1-2-10-20-16/h4-9,11,18H,1-3,10H2. The maximum Gasteiger partial charge on any atom is 0.193 e. The van der Waals surface area contributed by atoms with E-state index in [0.29, 0.717) is 11.1 Å². The molecule has 0 saturated carbocycles. The lowest BCUT2D eigenvalue weighted by molar-refractivity contribution is 0.103. The van der Waals surface area contributed by atoms with Crippen molar-refractivity contribution in [1.82, 2.24) is 0 Å². The van der Waals surface area contributed by atoms with Gasteiger partial charge in [0.2, 0.25) is 0 Å². The zero-order valence-corrected chi connectivity index (χ0v) is 11.1. The summed E-state index contributed by atoms with van der Waals surface area (Å²) in [6.45, 7) is 0.748. The van der Waals surface area contributed by atoms with Gasteiger partial charge in [-0.1, -0.05) is 0 Å². The minimum atomic E-state index is -0.0305. The number of benzene rings is 2. The number of phenolic OH excluding ortho intramolecular Hbond substituents is 1. The first-order valence-corrected chi connectivity index (χ1v) is 6.83. The van der Waals surface area contributed by atoms with Crippen molar-refractivity contribution in [3.05, 3.63) is 59.2 Å². The molecule has 102 valence electrons. The molecule has 0 radical (unpaired) electrons. The van der Waals surface area contributed by atoms with Gasteiger partial charge in [-0.3, -0.25) is 4.79 Å². The maximum absolute atomic E-state index is 12.4. The van der Waals surface area contributed by atoms with Crippen molar-refractivity contribution >= 4 is 5.78 Å². The highest BCUT2D eigenvalue weighted by molar-refractivity contribution is 6.09. The third-order valence-electron chi connectivity index (χ3n) is 3.55. The van der Waals surface area contributed by atoms with Crippen molar-refractivity contribution < 1.29 is 14.6 Å².